The summed E-state index contributed by atoms with van der Waals surface area (Å²) in [5.74, 6) is -1.22. The topological polar surface area (TPSA) is 110 Å². The number of urea groups is 1. The summed E-state index contributed by atoms with van der Waals surface area (Å²) in [6.45, 7) is 4.05. The second-order valence-electron chi connectivity index (χ2n) is 7.51. The maximum Gasteiger partial charge on any atom is 0.417 e. The molecule has 2 atom stereocenters. The van der Waals surface area contributed by atoms with E-state index in [0.29, 0.717) is 5.69 Å². The van der Waals surface area contributed by atoms with Crippen LogP contribution in [0.1, 0.15) is 35.5 Å². The van der Waals surface area contributed by atoms with Crippen molar-refractivity contribution in [1.29, 1.82) is 5.26 Å². The summed E-state index contributed by atoms with van der Waals surface area (Å²) < 4.78 is 40.0. The molecule has 0 unspecified atom stereocenters. The minimum Gasteiger partial charge on any atom is -0.477 e. The Morgan fingerprint density at radius 3 is 2.53 bits per heavy atom. The van der Waals surface area contributed by atoms with E-state index in [1.807, 2.05) is 0 Å². The molecule has 0 saturated carbocycles. The number of amides is 2. The van der Waals surface area contributed by atoms with Crippen molar-refractivity contribution in [3.8, 4) is 6.07 Å². The lowest BCUT2D eigenvalue weighted by Crippen LogP contribution is -2.59. The molecule has 11 heteroatoms. The standard InChI is InChI=1S/C21H20F3N5O3/c1-12-11-29(20(32)27-15-5-6-26-18(7-15)19(30)31)13(2)10-28(12)16-4-3-14(9-25)17(8-16)21(22,23)24/h3-8,12-13H,10-11H2,1-2H3,(H,30,31)(H,26,27,32)/t12-,13+/m1/s1. The number of carboxylic acid groups (broad SMARTS) is 1. The van der Waals surface area contributed by atoms with Gasteiger partial charge in [-0.1, -0.05) is 0 Å². The van der Waals surface area contributed by atoms with Gasteiger partial charge in [-0.25, -0.2) is 14.6 Å². The maximum absolute atomic E-state index is 13.3. The lowest BCUT2D eigenvalue weighted by molar-refractivity contribution is -0.137. The van der Waals surface area contributed by atoms with Crippen molar-refractivity contribution in [1.82, 2.24) is 9.88 Å². The number of aromatic carboxylic acids is 1. The van der Waals surface area contributed by atoms with E-state index in [2.05, 4.69) is 10.3 Å². The minimum absolute atomic E-state index is 0.213. The summed E-state index contributed by atoms with van der Waals surface area (Å²) in [6.07, 6.45) is -3.39. The van der Waals surface area contributed by atoms with Crippen molar-refractivity contribution in [2.24, 2.45) is 0 Å². The number of carbonyl (C=O) groups excluding carboxylic acids is 1. The molecule has 0 radical (unpaired) electrons. The van der Waals surface area contributed by atoms with E-state index in [0.717, 1.165) is 12.1 Å². The molecule has 2 aromatic rings. The number of rotatable bonds is 3. The zero-order valence-electron chi connectivity index (χ0n) is 17.2. The lowest BCUT2D eigenvalue weighted by atomic mass is 10.0. The summed E-state index contributed by atoms with van der Waals surface area (Å²) in [7, 11) is 0. The molecule has 32 heavy (non-hydrogen) atoms. The highest BCUT2D eigenvalue weighted by Gasteiger charge is 2.36. The van der Waals surface area contributed by atoms with Gasteiger partial charge in [-0.3, -0.25) is 0 Å². The Morgan fingerprint density at radius 1 is 1.19 bits per heavy atom. The fraction of sp³-hybridized carbons (Fsp3) is 0.333. The Balaban J connectivity index is 1.77. The van der Waals surface area contributed by atoms with E-state index in [9.17, 15) is 22.8 Å². The highest BCUT2D eigenvalue weighted by molar-refractivity contribution is 5.92. The van der Waals surface area contributed by atoms with Gasteiger partial charge in [0.05, 0.1) is 17.2 Å². The van der Waals surface area contributed by atoms with Crippen LogP contribution >= 0.6 is 0 Å². The summed E-state index contributed by atoms with van der Waals surface area (Å²) in [4.78, 5) is 30.8. The van der Waals surface area contributed by atoms with Crippen molar-refractivity contribution < 1.29 is 27.9 Å². The number of halogens is 3. The van der Waals surface area contributed by atoms with Crippen molar-refractivity contribution in [2.45, 2.75) is 32.1 Å². The van der Waals surface area contributed by atoms with Gasteiger partial charge >= 0.3 is 18.2 Å². The molecule has 0 aliphatic carbocycles. The van der Waals surface area contributed by atoms with E-state index in [4.69, 9.17) is 10.4 Å². The van der Waals surface area contributed by atoms with Crippen LogP contribution in [0.15, 0.2) is 36.5 Å². The van der Waals surface area contributed by atoms with E-state index in [1.54, 1.807) is 24.8 Å². The van der Waals surface area contributed by atoms with Gasteiger partial charge in [0.2, 0.25) is 0 Å². The van der Waals surface area contributed by atoms with Gasteiger partial charge in [-0.2, -0.15) is 18.4 Å². The first-order chi connectivity index (χ1) is 15.0. The van der Waals surface area contributed by atoms with Crippen LogP contribution in [0.3, 0.4) is 0 Å². The Kier molecular flexibility index (Phi) is 6.25. The minimum atomic E-state index is -4.66. The van der Waals surface area contributed by atoms with Crippen LogP contribution in [0, 0.1) is 11.3 Å². The predicted molar refractivity (Wildman–Crippen MR) is 109 cm³/mol. The number of nitrogens with zero attached hydrogens (tertiary/aromatic N) is 4. The third-order valence-electron chi connectivity index (χ3n) is 5.24. The van der Waals surface area contributed by atoms with Gasteiger partial charge in [0.15, 0.2) is 0 Å². The number of hydrogen-bond acceptors (Lipinski definition) is 5. The molecule has 1 fully saturated rings. The number of nitriles is 1. The molecule has 2 N–H and O–H groups in total. The summed E-state index contributed by atoms with van der Waals surface area (Å²) in [5.41, 5.74) is -1.07. The number of nitrogens with one attached hydrogen (secondary N) is 1. The number of alkyl halides is 3. The number of carbonyl (C=O) groups is 2. The van der Waals surface area contributed by atoms with Gasteiger partial charge in [-0.15, -0.1) is 0 Å². The van der Waals surface area contributed by atoms with Crippen LogP contribution in [0.25, 0.3) is 0 Å². The van der Waals surface area contributed by atoms with Crippen molar-refractivity contribution in [3.05, 3.63) is 53.3 Å². The molecule has 2 amide bonds. The number of piperazine rings is 1. The Bertz CT molecular complexity index is 1080. The zero-order valence-corrected chi connectivity index (χ0v) is 17.2. The molecule has 1 aromatic carbocycles. The summed E-state index contributed by atoms with van der Waals surface area (Å²) >= 11 is 0. The van der Waals surface area contributed by atoms with E-state index < -0.39 is 29.3 Å². The number of benzene rings is 1. The molecule has 1 aliphatic rings. The summed E-state index contributed by atoms with van der Waals surface area (Å²) in [6, 6.07) is 6.73. The Labute approximate surface area is 181 Å². The van der Waals surface area contributed by atoms with Crippen LogP contribution < -0.4 is 10.2 Å². The molecule has 2 heterocycles. The third-order valence-corrected chi connectivity index (χ3v) is 5.24. The molecule has 168 valence electrons. The molecule has 1 aliphatic heterocycles. The largest absolute Gasteiger partial charge is 0.477 e. The SMILES string of the molecule is C[C@@H]1CN(C(=O)Nc2ccnc(C(=O)O)c2)[C@@H](C)CN1c1ccc(C#N)c(C(F)(F)F)c1. The second-order valence-corrected chi connectivity index (χ2v) is 7.51. The average molecular weight is 447 g/mol. The Morgan fingerprint density at radius 2 is 1.91 bits per heavy atom. The quantitative estimate of drug-likeness (QED) is 0.741. The van der Waals surface area contributed by atoms with Crippen LogP contribution in [-0.2, 0) is 6.18 Å². The predicted octanol–water partition coefficient (Wildman–Crippen LogP) is 3.80. The first kappa shape index (κ1) is 22.9. The zero-order chi connectivity index (χ0) is 23.6. The highest BCUT2D eigenvalue weighted by atomic mass is 19.4. The van der Waals surface area contributed by atoms with Crippen molar-refractivity contribution in [2.75, 3.05) is 23.3 Å². The van der Waals surface area contributed by atoms with Gasteiger partial charge in [0.25, 0.3) is 0 Å². The van der Waals surface area contributed by atoms with Crippen LogP contribution in [0.4, 0.5) is 29.3 Å². The van der Waals surface area contributed by atoms with Crippen LogP contribution in [-0.4, -0.2) is 52.2 Å². The maximum atomic E-state index is 13.3. The van der Waals surface area contributed by atoms with Crippen molar-refractivity contribution >= 4 is 23.4 Å². The molecular weight excluding hydrogens is 427 g/mol. The van der Waals surface area contributed by atoms with Crippen LogP contribution in [0.5, 0.6) is 0 Å². The smallest absolute Gasteiger partial charge is 0.417 e. The average Bonchev–Trinajstić information content (AvgIpc) is 2.74. The number of hydrogen-bond donors (Lipinski definition) is 2. The lowest BCUT2D eigenvalue weighted by Gasteiger charge is -2.45. The first-order valence-electron chi connectivity index (χ1n) is 9.66. The second kappa shape index (κ2) is 8.74. The number of carboxylic acids is 1. The van der Waals surface area contributed by atoms with Crippen LogP contribution in [0.2, 0.25) is 0 Å². The fourth-order valence-corrected chi connectivity index (χ4v) is 3.63. The Hall–Kier alpha value is -3.81. The van der Waals surface area contributed by atoms with E-state index >= 15 is 0 Å². The molecule has 8 nitrogen and oxygen atoms in total. The summed E-state index contributed by atoms with van der Waals surface area (Å²) in [5, 5.41) is 20.7. The monoisotopic (exact) mass is 447 g/mol. The fourth-order valence-electron chi connectivity index (χ4n) is 3.63. The first-order valence-corrected chi connectivity index (χ1v) is 9.66. The molecule has 0 bridgehead atoms. The number of pyridine rings is 1. The van der Waals surface area contributed by atoms with Gasteiger partial charge in [0, 0.05) is 42.7 Å². The molecular formula is C21H20F3N5O3. The van der Waals surface area contributed by atoms with Gasteiger partial charge in [-0.05, 0) is 44.2 Å². The van der Waals surface area contributed by atoms with Gasteiger partial charge < -0.3 is 20.2 Å². The molecule has 1 saturated heterocycles. The molecule has 3 rings (SSSR count). The van der Waals surface area contributed by atoms with Crippen molar-refractivity contribution in [3.63, 3.8) is 0 Å². The third kappa shape index (κ3) is 4.74. The highest BCUT2D eigenvalue weighted by Crippen LogP contribution is 2.35. The number of anilines is 2. The van der Waals surface area contributed by atoms with Gasteiger partial charge in [0.1, 0.15) is 5.69 Å². The van der Waals surface area contributed by atoms with E-state index in [1.165, 1.54) is 29.3 Å². The van der Waals surface area contributed by atoms with E-state index in [-0.39, 0.29) is 36.6 Å². The normalized spacial score (nSPS) is 18.8. The molecule has 0 spiro atoms. The molecule has 1 aromatic heterocycles. The number of aromatic nitrogens is 1.